The van der Waals surface area contributed by atoms with Crippen LogP contribution in [0.5, 0.6) is 0 Å². The van der Waals surface area contributed by atoms with Gasteiger partial charge in [-0.05, 0) is 23.3 Å². The van der Waals surface area contributed by atoms with Gasteiger partial charge in [-0.2, -0.15) is 0 Å². The Hall–Kier alpha value is -1.82. The predicted molar refractivity (Wildman–Crippen MR) is 89.6 cm³/mol. The fourth-order valence-corrected chi connectivity index (χ4v) is 3.24. The van der Waals surface area contributed by atoms with Gasteiger partial charge in [-0.15, -0.1) is 0 Å². The molecule has 0 aliphatic carbocycles. The summed E-state index contributed by atoms with van der Waals surface area (Å²) in [6.07, 6.45) is 1.86. The second kappa shape index (κ2) is 7.17. The van der Waals surface area contributed by atoms with Crippen LogP contribution in [-0.4, -0.2) is 42.6 Å². The summed E-state index contributed by atoms with van der Waals surface area (Å²) in [5.41, 5.74) is 2.67. The molecule has 1 aromatic heterocycles. The maximum absolute atomic E-state index is 11.6. The van der Waals surface area contributed by atoms with Crippen LogP contribution in [-0.2, 0) is 11.3 Å². The van der Waals surface area contributed by atoms with Crippen molar-refractivity contribution in [1.29, 1.82) is 0 Å². The minimum absolute atomic E-state index is 0.217. The second-order valence-electron chi connectivity index (χ2n) is 5.63. The quantitative estimate of drug-likeness (QED) is 0.844. The van der Waals surface area contributed by atoms with Gasteiger partial charge in [0.1, 0.15) is 5.69 Å². The van der Waals surface area contributed by atoms with Gasteiger partial charge in [0.2, 0.25) is 0 Å². The lowest BCUT2D eigenvalue weighted by Gasteiger charge is -2.36. The largest absolute Gasteiger partial charge is 0.464 e. The van der Waals surface area contributed by atoms with E-state index in [9.17, 15) is 4.79 Å². The Balaban J connectivity index is 1.78. The van der Waals surface area contributed by atoms with Gasteiger partial charge in [-0.25, -0.2) is 4.79 Å². The lowest BCUT2D eigenvalue weighted by Crippen LogP contribution is -2.45. The first-order chi connectivity index (χ1) is 11.2. The normalized spacial score (nSPS) is 18.8. The molecule has 1 aliphatic rings. The van der Waals surface area contributed by atoms with Crippen molar-refractivity contribution < 1.29 is 9.53 Å². The SMILES string of the molecule is COC(=O)c1cc(CN2CCNCC2c2ccccc2Cl)c[nH]1. The number of nitrogens with zero attached hydrogens (tertiary/aromatic N) is 1. The molecule has 0 saturated carbocycles. The first-order valence-electron chi connectivity index (χ1n) is 7.64. The Bertz CT molecular complexity index is 686. The summed E-state index contributed by atoms with van der Waals surface area (Å²) in [4.78, 5) is 16.9. The van der Waals surface area contributed by atoms with E-state index in [4.69, 9.17) is 16.3 Å². The Labute approximate surface area is 140 Å². The molecule has 2 aromatic rings. The summed E-state index contributed by atoms with van der Waals surface area (Å²) < 4.78 is 4.73. The number of hydrogen-bond acceptors (Lipinski definition) is 4. The first-order valence-corrected chi connectivity index (χ1v) is 8.01. The Morgan fingerprint density at radius 3 is 3.04 bits per heavy atom. The molecular weight excluding hydrogens is 314 g/mol. The minimum Gasteiger partial charge on any atom is -0.464 e. The van der Waals surface area contributed by atoms with Crippen molar-refractivity contribution >= 4 is 17.6 Å². The number of carbonyl (C=O) groups excluding carboxylic acids is 1. The lowest BCUT2D eigenvalue weighted by molar-refractivity contribution is 0.0594. The highest BCUT2D eigenvalue weighted by Crippen LogP contribution is 2.29. The molecule has 1 aromatic carbocycles. The van der Waals surface area contributed by atoms with E-state index in [1.54, 1.807) is 0 Å². The Morgan fingerprint density at radius 2 is 2.26 bits per heavy atom. The van der Waals surface area contributed by atoms with Crippen molar-refractivity contribution in [2.24, 2.45) is 0 Å². The van der Waals surface area contributed by atoms with Crippen molar-refractivity contribution in [2.45, 2.75) is 12.6 Å². The van der Waals surface area contributed by atoms with Crippen LogP contribution in [0.3, 0.4) is 0 Å². The molecule has 6 heteroatoms. The molecular formula is C17H20ClN3O2. The topological polar surface area (TPSA) is 57.4 Å². The molecule has 1 fully saturated rings. The average Bonchev–Trinajstić information content (AvgIpc) is 3.04. The molecule has 0 radical (unpaired) electrons. The fraction of sp³-hybridized carbons (Fsp3) is 0.353. The summed E-state index contributed by atoms with van der Waals surface area (Å²) in [7, 11) is 1.38. The Morgan fingerprint density at radius 1 is 1.43 bits per heavy atom. The number of piperazine rings is 1. The van der Waals surface area contributed by atoms with Gasteiger partial charge in [-0.1, -0.05) is 29.8 Å². The number of carbonyl (C=O) groups is 1. The number of benzene rings is 1. The van der Waals surface area contributed by atoms with Crippen molar-refractivity contribution in [3.63, 3.8) is 0 Å². The molecule has 1 atom stereocenters. The number of nitrogens with one attached hydrogen (secondary N) is 2. The smallest absolute Gasteiger partial charge is 0.354 e. The van der Waals surface area contributed by atoms with Gasteiger partial charge in [-0.3, -0.25) is 4.90 Å². The van der Waals surface area contributed by atoms with Crippen molar-refractivity contribution in [2.75, 3.05) is 26.7 Å². The first kappa shape index (κ1) is 16.1. The summed E-state index contributed by atoms with van der Waals surface area (Å²) in [5, 5.41) is 4.21. The third-order valence-electron chi connectivity index (χ3n) is 4.15. The molecule has 0 amide bonds. The van der Waals surface area contributed by atoms with Crippen LogP contribution in [0, 0.1) is 0 Å². The number of aromatic amines is 1. The monoisotopic (exact) mass is 333 g/mol. The standard InChI is InChI=1S/C17H20ClN3O2/c1-23-17(22)15-8-12(9-20-15)11-21-7-6-19-10-16(21)13-4-2-3-5-14(13)18/h2-5,8-9,16,19-20H,6-7,10-11H2,1H3. The van der Waals surface area contributed by atoms with Gasteiger partial charge in [0, 0.05) is 43.4 Å². The zero-order valence-corrected chi connectivity index (χ0v) is 13.8. The summed E-state index contributed by atoms with van der Waals surface area (Å²) in [6, 6.07) is 10.0. The van der Waals surface area contributed by atoms with E-state index in [-0.39, 0.29) is 12.0 Å². The third kappa shape index (κ3) is 3.58. The van der Waals surface area contributed by atoms with Crippen LogP contribution in [0.15, 0.2) is 36.5 Å². The van der Waals surface area contributed by atoms with Gasteiger partial charge in [0.05, 0.1) is 7.11 Å². The highest BCUT2D eigenvalue weighted by molar-refractivity contribution is 6.31. The maximum Gasteiger partial charge on any atom is 0.354 e. The van der Waals surface area contributed by atoms with Gasteiger partial charge >= 0.3 is 5.97 Å². The number of rotatable bonds is 4. The van der Waals surface area contributed by atoms with Crippen LogP contribution >= 0.6 is 11.6 Å². The molecule has 0 bridgehead atoms. The summed E-state index contributed by atoms with van der Waals surface area (Å²) >= 11 is 6.37. The highest BCUT2D eigenvalue weighted by Gasteiger charge is 2.25. The third-order valence-corrected chi connectivity index (χ3v) is 4.50. The van der Waals surface area contributed by atoms with Crippen LogP contribution in [0.1, 0.15) is 27.7 Å². The second-order valence-corrected chi connectivity index (χ2v) is 6.03. The van der Waals surface area contributed by atoms with E-state index >= 15 is 0 Å². The molecule has 1 saturated heterocycles. The average molecular weight is 334 g/mol. The van der Waals surface area contributed by atoms with Gasteiger partial charge in [0.25, 0.3) is 0 Å². The number of ether oxygens (including phenoxy) is 1. The van der Waals surface area contributed by atoms with Crippen molar-refractivity contribution in [1.82, 2.24) is 15.2 Å². The molecule has 3 rings (SSSR count). The molecule has 1 unspecified atom stereocenters. The van der Waals surface area contributed by atoms with E-state index in [1.807, 2.05) is 30.5 Å². The number of halogens is 1. The number of hydrogen-bond donors (Lipinski definition) is 2. The van der Waals surface area contributed by atoms with Gasteiger partial charge in [0.15, 0.2) is 0 Å². The molecule has 0 spiro atoms. The van der Waals surface area contributed by atoms with E-state index in [2.05, 4.69) is 21.3 Å². The van der Waals surface area contributed by atoms with Crippen LogP contribution in [0.4, 0.5) is 0 Å². The van der Waals surface area contributed by atoms with Crippen molar-refractivity contribution in [3.8, 4) is 0 Å². The zero-order chi connectivity index (χ0) is 16.2. The van der Waals surface area contributed by atoms with E-state index in [0.717, 1.165) is 42.3 Å². The fourth-order valence-electron chi connectivity index (χ4n) is 2.98. The number of H-pyrrole nitrogens is 1. The zero-order valence-electron chi connectivity index (χ0n) is 13.0. The predicted octanol–water partition coefficient (Wildman–Crippen LogP) is 2.60. The number of methoxy groups -OCH3 is 1. The number of esters is 1. The highest BCUT2D eigenvalue weighted by atomic mass is 35.5. The lowest BCUT2D eigenvalue weighted by atomic mass is 10.0. The molecule has 5 nitrogen and oxygen atoms in total. The number of aromatic nitrogens is 1. The summed E-state index contributed by atoms with van der Waals surface area (Å²) in [6.45, 7) is 3.48. The molecule has 2 heterocycles. The van der Waals surface area contributed by atoms with E-state index in [0.29, 0.717) is 5.69 Å². The van der Waals surface area contributed by atoms with E-state index < -0.39 is 0 Å². The molecule has 23 heavy (non-hydrogen) atoms. The Kier molecular flexibility index (Phi) is 5.00. The van der Waals surface area contributed by atoms with Crippen LogP contribution < -0.4 is 5.32 Å². The maximum atomic E-state index is 11.6. The van der Waals surface area contributed by atoms with E-state index in [1.165, 1.54) is 7.11 Å². The van der Waals surface area contributed by atoms with Gasteiger partial charge < -0.3 is 15.0 Å². The van der Waals surface area contributed by atoms with Crippen LogP contribution in [0.25, 0.3) is 0 Å². The van der Waals surface area contributed by atoms with Crippen molar-refractivity contribution in [3.05, 3.63) is 58.4 Å². The molecule has 122 valence electrons. The molecule has 2 N–H and O–H groups in total. The van der Waals surface area contributed by atoms with Crippen LogP contribution in [0.2, 0.25) is 5.02 Å². The molecule has 1 aliphatic heterocycles. The summed E-state index contributed by atoms with van der Waals surface area (Å²) in [5.74, 6) is -0.348. The minimum atomic E-state index is -0.348.